The summed E-state index contributed by atoms with van der Waals surface area (Å²) in [5, 5.41) is 4.59. The summed E-state index contributed by atoms with van der Waals surface area (Å²) in [6.45, 7) is 2.57. The smallest absolute Gasteiger partial charge is 0.263 e. The van der Waals surface area contributed by atoms with E-state index in [0.29, 0.717) is 17.3 Å². The largest absolute Gasteiger partial charge is 0.276 e. The first-order chi connectivity index (χ1) is 11.8. The molecule has 1 heterocycles. The summed E-state index contributed by atoms with van der Waals surface area (Å²) < 4.78 is 29.1. The van der Waals surface area contributed by atoms with Crippen molar-refractivity contribution in [2.24, 2.45) is 0 Å². The van der Waals surface area contributed by atoms with Gasteiger partial charge in [-0.1, -0.05) is 47.5 Å². The van der Waals surface area contributed by atoms with Crippen molar-refractivity contribution < 1.29 is 8.42 Å². The van der Waals surface area contributed by atoms with Crippen LogP contribution in [0, 0.1) is 6.92 Å². The molecule has 8 heteroatoms. The Morgan fingerprint density at radius 3 is 2.68 bits per heavy atom. The third-order valence-electron chi connectivity index (χ3n) is 3.66. The molecule has 0 amide bonds. The molecule has 5 nitrogen and oxygen atoms in total. The molecule has 1 N–H and O–H groups in total. The van der Waals surface area contributed by atoms with Crippen molar-refractivity contribution in [1.29, 1.82) is 0 Å². The highest BCUT2D eigenvalue weighted by Gasteiger charge is 2.19. The number of hydrogen-bond acceptors (Lipinski definition) is 3. The summed E-state index contributed by atoms with van der Waals surface area (Å²) in [6.07, 6.45) is 3.08. The molecule has 0 atom stereocenters. The van der Waals surface area contributed by atoms with Crippen LogP contribution in [-0.4, -0.2) is 18.2 Å². The zero-order valence-corrected chi connectivity index (χ0v) is 15.6. The Morgan fingerprint density at radius 2 is 1.92 bits per heavy atom. The topological polar surface area (TPSA) is 64.0 Å². The number of rotatable bonds is 5. The van der Waals surface area contributed by atoms with Gasteiger partial charge in [-0.05, 0) is 36.2 Å². The number of hydrogen-bond donors (Lipinski definition) is 1. The van der Waals surface area contributed by atoms with Gasteiger partial charge in [-0.15, -0.1) is 0 Å². The Hall–Kier alpha value is -2.02. The Kier molecular flexibility index (Phi) is 5.03. The zero-order valence-electron chi connectivity index (χ0n) is 13.3. The van der Waals surface area contributed by atoms with Gasteiger partial charge in [-0.2, -0.15) is 5.10 Å². The number of nitrogens with one attached hydrogen (secondary N) is 1. The molecule has 0 saturated carbocycles. The van der Waals surface area contributed by atoms with Crippen LogP contribution in [0.25, 0.3) is 0 Å². The van der Waals surface area contributed by atoms with E-state index in [1.807, 2.05) is 31.2 Å². The lowest BCUT2D eigenvalue weighted by atomic mass is 10.1. The molecule has 0 fully saturated rings. The molecular formula is C17H15Cl2N3O2S. The highest BCUT2D eigenvalue weighted by molar-refractivity contribution is 7.92. The van der Waals surface area contributed by atoms with Crippen molar-refractivity contribution in [2.75, 3.05) is 4.72 Å². The van der Waals surface area contributed by atoms with Crippen LogP contribution in [-0.2, 0) is 16.6 Å². The summed E-state index contributed by atoms with van der Waals surface area (Å²) in [5.41, 5.74) is 2.60. The van der Waals surface area contributed by atoms with Gasteiger partial charge in [0.05, 0.1) is 23.5 Å². The first-order valence-electron chi connectivity index (χ1n) is 7.40. The number of aromatic nitrogens is 2. The summed E-state index contributed by atoms with van der Waals surface area (Å²) in [6, 6.07) is 12.2. The van der Waals surface area contributed by atoms with E-state index in [-0.39, 0.29) is 9.92 Å². The van der Waals surface area contributed by atoms with E-state index >= 15 is 0 Å². The van der Waals surface area contributed by atoms with Gasteiger partial charge in [0.2, 0.25) is 0 Å². The van der Waals surface area contributed by atoms with Crippen LogP contribution in [0.1, 0.15) is 11.1 Å². The first kappa shape index (κ1) is 17.8. The number of halogens is 2. The Balaban J connectivity index is 1.81. The lowest BCUT2D eigenvalue weighted by Gasteiger charge is -2.08. The fourth-order valence-corrected chi connectivity index (χ4v) is 4.15. The van der Waals surface area contributed by atoms with E-state index in [2.05, 4.69) is 9.82 Å². The Bertz CT molecular complexity index is 1020. The quantitative estimate of drug-likeness (QED) is 0.698. The van der Waals surface area contributed by atoms with Crippen LogP contribution in [0.2, 0.25) is 10.0 Å². The molecule has 0 bridgehead atoms. The second kappa shape index (κ2) is 7.07. The van der Waals surface area contributed by atoms with Crippen LogP contribution in [0.4, 0.5) is 5.69 Å². The number of sulfonamides is 1. The van der Waals surface area contributed by atoms with Crippen LogP contribution in [0.15, 0.2) is 59.8 Å². The maximum atomic E-state index is 12.5. The lowest BCUT2D eigenvalue weighted by Crippen LogP contribution is -2.13. The van der Waals surface area contributed by atoms with E-state index in [1.54, 1.807) is 10.9 Å². The Morgan fingerprint density at radius 1 is 1.16 bits per heavy atom. The molecule has 0 saturated heterocycles. The van der Waals surface area contributed by atoms with Gasteiger partial charge < -0.3 is 0 Å². The lowest BCUT2D eigenvalue weighted by molar-refractivity contribution is 0.601. The predicted octanol–water partition coefficient (Wildman–Crippen LogP) is 4.35. The van der Waals surface area contributed by atoms with E-state index in [9.17, 15) is 8.42 Å². The molecule has 130 valence electrons. The van der Waals surface area contributed by atoms with Crippen LogP contribution >= 0.6 is 23.2 Å². The molecule has 0 unspecified atom stereocenters. The van der Waals surface area contributed by atoms with E-state index in [1.165, 1.54) is 24.4 Å². The Labute approximate surface area is 156 Å². The highest BCUT2D eigenvalue weighted by atomic mass is 35.5. The fourth-order valence-electron chi connectivity index (χ4n) is 2.36. The van der Waals surface area contributed by atoms with Crippen LogP contribution < -0.4 is 4.72 Å². The zero-order chi connectivity index (χ0) is 18.0. The van der Waals surface area contributed by atoms with E-state index < -0.39 is 10.0 Å². The normalized spacial score (nSPS) is 11.5. The molecule has 25 heavy (non-hydrogen) atoms. The van der Waals surface area contributed by atoms with Gasteiger partial charge in [-0.3, -0.25) is 9.40 Å². The molecule has 2 aromatic carbocycles. The second-order valence-electron chi connectivity index (χ2n) is 5.53. The SMILES string of the molecule is Cc1ccccc1Cn1cc(NS(=O)(=O)c2cc(Cl)ccc2Cl)cn1. The maximum Gasteiger partial charge on any atom is 0.263 e. The second-order valence-corrected chi connectivity index (χ2v) is 8.03. The summed E-state index contributed by atoms with van der Waals surface area (Å²) in [7, 11) is -3.85. The van der Waals surface area contributed by atoms with Gasteiger partial charge in [0.15, 0.2) is 0 Å². The maximum absolute atomic E-state index is 12.5. The molecule has 3 rings (SSSR count). The number of aryl methyl sites for hydroxylation is 1. The van der Waals surface area contributed by atoms with E-state index in [0.717, 1.165) is 11.1 Å². The average molecular weight is 396 g/mol. The molecule has 0 aliphatic carbocycles. The molecule has 0 aliphatic rings. The highest BCUT2D eigenvalue weighted by Crippen LogP contribution is 2.26. The van der Waals surface area contributed by atoms with Gasteiger partial charge in [-0.25, -0.2) is 8.42 Å². The van der Waals surface area contributed by atoms with Crippen molar-refractivity contribution >= 4 is 38.9 Å². The van der Waals surface area contributed by atoms with Crippen molar-refractivity contribution in [1.82, 2.24) is 9.78 Å². The number of nitrogens with zero attached hydrogens (tertiary/aromatic N) is 2. The van der Waals surface area contributed by atoms with Gasteiger partial charge in [0.1, 0.15) is 4.90 Å². The van der Waals surface area contributed by atoms with Gasteiger partial charge in [0.25, 0.3) is 10.0 Å². The first-order valence-corrected chi connectivity index (χ1v) is 9.64. The molecular weight excluding hydrogens is 381 g/mol. The van der Waals surface area contributed by atoms with Gasteiger partial charge in [0, 0.05) is 11.2 Å². The standard InChI is InChI=1S/C17H15Cl2N3O2S/c1-12-4-2-3-5-13(12)10-22-11-15(9-20-22)21-25(23,24)17-8-14(18)6-7-16(17)19/h2-9,11,21H,10H2,1H3. The number of anilines is 1. The van der Waals surface area contributed by atoms with Crippen LogP contribution in [0.3, 0.4) is 0 Å². The fraction of sp³-hybridized carbons (Fsp3) is 0.118. The molecule has 3 aromatic rings. The minimum absolute atomic E-state index is 0.0756. The van der Waals surface area contributed by atoms with Crippen molar-refractivity contribution in [3.05, 3.63) is 76.0 Å². The van der Waals surface area contributed by atoms with Gasteiger partial charge >= 0.3 is 0 Å². The molecule has 0 radical (unpaired) electrons. The summed E-state index contributed by atoms with van der Waals surface area (Å²) >= 11 is 11.8. The van der Waals surface area contributed by atoms with E-state index in [4.69, 9.17) is 23.2 Å². The summed E-state index contributed by atoms with van der Waals surface area (Å²) in [4.78, 5) is -0.0756. The minimum atomic E-state index is -3.85. The predicted molar refractivity (Wildman–Crippen MR) is 99.8 cm³/mol. The monoisotopic (exact) mass is 395 g/mol. The molecule has 0 aliphatic heterocycles. The third-order valence-corrected chi connectivity index (χ3v) is 5.76. The van der Waals surface area contributed by atoms with Crippen molar-refractivity contribution in [3.8, 4) is 0 Å². The van der Waals surface area contributed by atoms with Crippen LogP contribution in [0.5, 0.6) is 0 Å². The average Bonchev–Trinajstić information content (AvgIpc) is 2.98. The van der Waals surface area contributed by atoms with Crippen molar-refractivity contribution in [2.45, 2.75) is 18.4 Å². The molecule has 1 aromatic heterocycles. The third kappa shape index (κ3) is 4.15. The molecule has 0 spiro atoms. The number of benzene rings is 2. The minimum Gasteiger partial charge on any atom is -0.276 e. The summed E-state index contributed by atoms with van der Waals surface area (Å²) in [5.74, 6) is 0. The van der Waals surface area contributed by atoms with Crippen molar-refractivity contribution in [3.63, 3.8) is 0 Å².